The highest BCUT2D eigenvalue weighted by molar-refractivity contribution is 5.88. The first kappa shape index (κ1) is 10.9. The number of aromatic carboxylic acids is 1. The van der Waals surface area contributed by atoms with E-state index in [1.807, 2.05) is 12.1 Å². The van der Waals surface area contributed by atoms with E-state index in [-0.39, 0.29) is 0 Å². The third-order valence-corrected chi connectivity index (χ3v) is 3.27. The van der Waals surface area contributed by atoms with E-state index in [2.05, 4.69) is 4.90 Å². The molecule has 3 rings (SSSR count). The Bertz CT molecular complexity index is 575. The second-order valence-electron chi connectivity index (χ2n) is 4.45. The lowest BCUT2D eigenvalue weighted by Gasteiger charge is -2.18. The number of nitrogens with zero attached hydrogens (tertiary/aromatic N) is 1. The molecule has 4 nitrogen and oxygen atoms in total. The summed E-state index contributed by atoms with van der Waals surface area (Å²) in [5, 5.41) is 8.96. The smallest absolute Gasteiger partial charge is 0.335 e. The van der Waals surface area contributed by atoms with Crippen molar-refractivity contribution in [2.24, 2.45) is 0 Å². The fraction of sp³-hybridized carbons (Fsp3) is 0.214. The van der Waals surface area contributed by atoms with Gasteiger partial charge in [0.15, 0.2) is 0 Å². The molecule has 4 heteroatoms. The van der Waals surface area contributed by atoms with E-state index in [0.717, 1.165) is 36.3 Å². The van der Waals surface area contributed by atoms with Crippen molar-refractivity contribution >= 4 is 11.7 Å². The summed E-state index contributed by atoms with van der Waals surface area (Å²) in [6, 6.07) is 7.28. The van der Waals surface area contributed by atoms with Crippen molar-refractivity contribution in [1.29, 1.82) is 0 Å². The first-order chi connectivity index (χ1) is 8.74. The van der Waals surface area contributed by atoms with Crippen LogP contribution in [0.4, 0.5) is 5.69 Å². The number of furan rings is 1. The lowest BCUT2D eigenvalue weighted by atomic mass is 10.1. The van der Waals surface area contributed by atoms with Crippen LogP contribution in [-0.4, -0.2) is 17.6 Å². The molecule has 0 saturated carbocycles. The Labute approximate surface area is 104 Å². The summed E-state index contributed by atoms with van der Waals surface area (Å²) in [6.07, 6.45) is 4.30. The first-order valence-corrected chi connectivity index (χ1v) is 5.86. The molecule has 1 aromatic carbocycles. The Hall–Kier alpha value is -2.23. The molecule has 0 aliphatic carbocycles. The number of hydrogen-bond acceptors (Lipinski definition) is 3. The van der Waals surface area contributed by atoms with Gasteiger partial charge in [-0.25, -0.2) is 4.79 Å². The molecule has 1 aliphatic rings. The average Bonchev–Trinajstić information content (AvgIpc) is 2.99. The molecule has 2 heterocycles. The maximum absolute atomic E-state index is 10.9. The minimum atomic E-state index is -0.869. The Morgan fingerprint density at radius 1 is 1.39 bits per heavy atom. The van der Waals surface area contributed by atoms with Crippen molar-refractivity contribution < 1.29 is 14.3 Å². The van der Waals surface area contributed by atoms with Gasteiger partial charge in [-0.3, -0.25) is 0 Å². The molecule has 18 heavy (non-hydrogen) atoms. The molecule has 0 unspecified atom stereocenters. The number of hydrogen-bond donors (Lipinski definition) is 1. The van der Waals surface area contributed by atoms with Gasteiger partial charge in [-0.15, -0.1) is 0 Å². The number of anilines is 1. The van der Waals surface area contributed by atoms with E-state index in [4.69, 9.17) is 9.52 Å². The lowest BCUT2D eigenvalue weighted by Crippen LogP contribution is -2.19. The van der Waals surface area contributed by atoms with Crippen molar-refractivity contribution in [3.05, 3.63) is 53.5 Å². The summed E-state index contributed by atoms with van der Waals surface area (Å²) in [5.74, 6) is -0.869. The lowest BCUT2D eigenvalue weighted by molar-refractivity contribution is 0.0697. The van der Waals surface area contributed by atoms with Crippen molar-refractivity contribution in [1.82, 2.24) is 0 Å². The van der Waals surface area contributed by atoms with Crippen molar-refractivity contribution in [2.75, 3.05) is 11.4 Å². The number of carbonyl (C=O) groups is 1. The normalized spacial score (nSPS) is 13.7. The highest BCUT2D eigenvalue weighted by Crippen LogP contribution is 2.30. The third-order valence-electron chi connectivity index (χ3n) is 3.27. The zero-order valence-corrected chi connectivity index (χ0v) is 9.80. The van der Waals surface area contributed by atoms with Crippen molar-refractivity contribution in [3.8, 4) is 0 Å². The van der Waals surface area contributed by atoms with E-state index < -0.39 is 5.97 Å². The number of benzene rings is 1. The van der Waals surface area contributed by atoms with Gasteiger partial charge in [0, 0.05) is 24.3 Å². The topological polar surface area (TPSA) is 53.7 Å². The first-order valence-electron chi connectivity index (χ1n) is 5.86. The van der Waals surface area contributed by atoms with Crippen molar-refractivity contribution in [2.45, 2.75) is 13.0 Å². The van der Waals surface area contributed by atoms with Crippen LogP contribution in [0.5, 0.6) is 0 Å². The summed E-state index contributed by atoms with van der Waals surface area (Å²) in [7, 11) is 0. The summed E-state index contributed by atoms with van der Waals surface area (Å²) >= 11 is 0. The Morgan fingerprint density at radius 3 is 3.00 bits per heavy atom. The monoisotopic (exact) mass is 243 g/mol. The van der Waals surface area contributed by atoms with Gasteiger partial charge in [0.2, 0.25) is 0 Å². The van der Waals surface area contributed by atoms with Crippen molar-refractivity contribution in [3.63, 3.8) is 0 Å². The molecule has 0 fully saturated rings. The molecule has 0 saturated heterocycles. The van der Waals surface area contributed by atoms with Crippen LogP contribution in [0.15, 0.2) is 41.2 Å². The van der Waals surface area contributed by atoms with E-state index >= 15 is 0 Å². The maximum atomic E-state index is 10.9. The highest BCUT2D eigenvalue weighted by Gasteiger charge is 2.20. The van der Waals surface area contributed by atoms with Gasteiger partial charge < -0.3 is 14.4 Å². The molecule has 0 amide bonds. The predicted octanol–water partition coefficient (Wildman–Crippen LogP) is 2.54. The zero-order valence-electron chi connectivity index (χ0n) is 9.80. The highest BCUT2D eigenvalue weighted by atomic mass is 16.4. The van der Waals surface area contributed by atoms with Gasteiger partial charge in [-0.2, -0.15) is 0 Å². The minimum absolute atomic E-state index is 0.360. The van der Waals surface area contributed by atoms with E-state index in [1.54, 1.807) is 24.7 Å². The van der Waals surface area contributed by atoms with Gasteiger partial charge in [0.25, 0.3) is 0 Å². The summed E-state index contributed by atoms with van der Waals surface area (Å²) in [4.78, 5) is 13.2. The fourth-order valence-corrected chi connectivity index (χ4v) is 2.37. The van der Waals surface area contributed by atoms with Crippen LogP contribution in [0, 0.1) is 0 Å². The predicted molar refractivity (Wildman–Crippen MR) is 66.9 cm³/mol. The van der Waals surface area contributed by atoms with E-state index in [9.17, 15) is 4.79 Å². The number of carboxylic acids is 1. The van der Waals surface area contributed by atoms with E-state index in [1.165, 1.54) is 0 Å². The molecule has 0 bridgehead atoms. The largest absolute Gasteiger partial charge is 0.478 e. The van der Waals surface area contributed by atoms with Gasteiger partial charge in [0.1, 0.15) is 0 Å². The minimum Gasteiger partial charge on any atom is -0.478 e. The Kier molecular flexibility index (Phi) is 2.55. The molecule has 1 aromatic heterocycles. The standard InChI is InChI=1S/C14H13NO3/c16-14(17)12-1-2-13-11(7-12)3-5-15(13)8-10-4-6-18-9-10/h1-2,4,6-7,9H,3,5,8H2,(H,16,17). The maximum Gasteiger partial charge on any atom is 0.335 e. The van der Waals surface area contributed by atoms with E-state index in [0.29, 0.717) is 5.56 Å². The molecule has 2 aromatic rings. The molecule has 0 radical (unpaired) electrons. The number of rotatable bonds is 3. The van der Waals surface area contributed by atoms with Crippen LogP contribution >= 0.6 is 0 Å². The molecule has 1 N–H and O–H groups in total. The number of fused-ring (bicyclic) bond motifs is 1. The Balaban J connectivity index is 1.86. The van der Waals surface area contributed by atoms with Crippen LogP contribution in [0.3, 0.4) is 0 Å². The molecule has 0 spiro atoms. The molecule has 0 atom stereocenters. The summed E-state index contributed by atoms with van der Waals surface area (Å²) < 4.78 is 5.06. The summed E-state index contributed by atoms with van der Waals surface area (Å²) in [5.41, 5.74) is 3.73. The van der Waals surface area contributed by atoms with Gasteiger partial charge in [-0.1, -0.05) is 0 Å². The van der Waals surface area contributed by atoms with Crippen LogP contribution in [-0.2, 0) is 13.0 Å². The fourth-order valence-electron chi connectivity index (χ4n) is 2.37. The zero-order chi connectivity index (χ0) is 12.5. The van der Waals surface area contributed by atoms with Crippen LogP contribution < -0.4 is 4.90 Å². The summed E-state index contributed by atoms with van der Waals surface area (Å²) in [6.45, 7) is 1.72. The Morgan fingerprint density at radius 2 is 2.28 bits per heavy atom. The molecule has 1 aliphatic heterocycles. The number of carboxylic acid groups (broad SMARTS) is 1. The van der Waals surface area contributed by atoms with Crippen LogP contribution in [0.2, 0.25) is 0 Å². The molecular formula is C14H13NO3. The van der Waals surface area contributed by atoms with Gasteiger partial charge in [0.05, 0.1) is 18.1 Å². The van der Waals surface area contributed by atoms with Crippen LogP contribution in [0.25, 0.3) is 0 Å². The molecule has 92 valence electrons. The average molecular weight is 243 g/mol. The quantitative estimate of drug-likeness (QED) is 0.900. The van der Waals surface area contributed by atoms with Gasteiger partial charge in [-0.05, 0) is 36.2 Å². The van der Waals surface area contributed by atoms with Crippen LogP contribution in [0.1, 0.15) is 21.5 Å². The third kappa shape index (κ3) is 1.86. The second-order valence-corrected chi connectivity index (χ2v) is 4.45. The second kappa shape index (κ2) is 4.22. The SMILES string of the molecule is O=C(O)c1ccc2c(c1)CCN2Cc1ccoc1. The molecular weight excluding hydrogens is 230 g/mol. The van der Waals surface area contributed by atoms with Gasteiger partial charge >= 0.3 is 5.97 Å².